The maximum atomic E-state index is 4.43. The third kappa shape index (κ3) is 1.53. The molecule has 0 aliphatic carbocycles. The Morgan fingerprint density at radius 1 is 1.06 bits per heavy atom. The minimum Gasteiger partial charge on any atom is -0.301 e. The molecule has 3 rings (SSSR count). The van der Waals surface area contributed by atoms with Crippen LogP contribution in [0.4, 0.5) is 0 Å². The first-order valence-corrected chi connectivity index (χ1v) is 5.82. The van der Waals surface area contributed by atoms with Crippen molar-refractivity contribution in [2.45, 2.75) is 0 Å². The minimum absolute atomic E-state index is 0.981. The summed E-state index contributed by atoms with van der Waals surface area (Å²) in [6.07, 6.45) is 3.86. The lowest BCUT2D eigenvalue weighted by atomic mass is 10.3. The van der Waals surface area contributed by atoms with Crippen molar-refractivity contribution in [3.05, 3.63) is 59.3 Å². The molecule has 0 aliphatic rings. The maximum absolute atomic E-state index is 4.43. The van der Waals surface area contributed by atoms with Gasteiger partial charge in [-0.2, -0.15) is 0 Å². The van der Waals surface area contributed by atoms with Crippen LogP contribution in [0.1, 0.15) is 0 Å². The van der Waals surface area contributed by atoms with E-state index in [1.165, 1.54) is 0 Å². The van der Waals surface area contributed by atoms with Crippen molar-refractivity contribution in [1.29, 1.82) is 0 Å². The van der Waals surface area contributed by atoms with Crippen molar-refractivity contribution in [3.8, 4) is 5.69 Å². The summed E-state index contributed by atoms with van der Waals surface area (Å²) in [5, 5.41) is 1.14. The first kappa shape index (κ1) is 9.60. The SMILES string of the molecule is Brc1cnc2c(ccn2-c2ccccc2)c1. The second-order valence-corrected chi connectivity index (χ2v) is 4.50. The highest BCUT2D eigenvalue weighted by Crippen LogP contribution is 2.21. The van der Waals surface area contributed by atoms with E-state index in [0.29, 0.717) is 0 Å². The number of benzene rings is 1. The number of pyridine rings is 1. The van der Waals surface area contributed by atoms with Gasteiger partial charge < -0.3 is 4.57 Å². The van der Waals surface area contributed by atoms with Crippen LogP contribution < -0.4 is 0 Å². The Hall–Kier alpha value is -1.61. The van der Waals surface area contributed by atoms with Crippen LogP contribution in [0.3, 0.4) is 0 Å². The van der Waals surface area contributed by atoms with E-state index in [1.54, 1.807) is 0 Å². The first-order valence-electron chi connectivity index (χ1n) is 5.02. The molecule has 0 radical (unpaired) electrons. The minimum atomic E-state index is 0.981. The van der Waals surface area contributed by atoms with Gasteiger partial charge in [-0.3, -0.25) is 0 Å². The Balaban J connectivity index is 2.26. The summed E-state index contributed by atoms with van der Waals surface area (Å²) in [5.74, 6) is 0. The number of hydrogen-bond acceptors (Lipinski definition) is 1. The summed E-state index contributed by atoms with van der Waals surface area (Å²) in [6, 6.07) is 14.4. The number of rotatable bonds is 1. The molecule has 2 aromatic heterocycles. The zero-order valence-corrected chi connectivity index (χ0v) is 10.1. The highest BCUT2D eigenvalue weighted by Gasteiger charge is 2.03. The summed E-state index contributed by atoms with van der Waals surface area (Å²) in [4.78, 5) is 4.43. The second kappa shape index (κ2) is 3.76. The van der Waals surface area contributed by atoms with Crippen molar-refractivity contribution < 1.29 is 0 Å². The van der Waals surface area contributed by atoms with Crippen LogP contribution in [0.2, 0.25) is 0 Å². The van der Waals surface area contributed by atoms with Gasteiger partial charge in [0.15, 0.2) is 0 Å². The van der Waals surface area contributed by atoms with Gasteiger partial charge >= 0.3 is 0 Å². The molecule has 1 aromatic carbocycles. The smallest absolute Gasteiger partial charge is 0.144 e. The van der Waals surface area contributed by atoms with E-state index >= 15 is 0 Å². The normalized spacial score (nSPS) is 10.8. The fourth-order valence-corrected chi connectivity index (χ4v) is 2.14. The second-order valence-electron chi connectivity index (χ2n) is 3.59. The van der Waals surface area contributed by atoms with Crippen molar-refractivity contribution in [2.75, 3.05) is 0 Å². The molecule has 0 unspecified atom stereocenters. The largest absolute Gasteiger partial charge is 0.301 e. The molecule has 0 N–H and O–H groups in total. The standard InChI is InChI=1S/C13H9BrN2/c14-11-8-10-6-7-16(13(10)15-9-11)12-4-2-1-3-5-12/h1-9H. The summed E-state index contributed by atoms with van der Waals surface area (Å²) >= 11 is 3.43. The lowest BCUT2D eigenvalue weighted by Gasteiger charge is -2.03. The average molecular weight is 273 g/mol. The number of fused-ring (bicyclic) bond motifs is 1. The lowest BCUT2D eigenvalue weighted by molar-refractivity contribution is 1.09. The molecule has 0 amide bonds. The summed E-state index contributed by atoms with van der Waals surface area (Å²) in [7, 11) is 0. The maximum Gasteiger partial charge on any atom is 0.144 e. The third-order valence-electron chi connectivity index (χ3n) is 2.53. The van der Waals surface area contributed by atoms with E-state index in [4.69, 9.17) is 0 Å². The van der Waals surface area contributed by atoms with Gasteiger partial charge in [0, 0.05) is 27.9 Å². The predicted molar refractivity (Wildman–Crippen MR) is 68.8 cm³/mol. The number of nitrogens with zero attached hydrogens (tertiary/aromatic N) is 2. The van der Waals surface area contributed by atoms with E-state index in [9.17, 15) is 0 Å². The van der Waals surface area contributed by atoms with Crippen molar-refractivity contribution in [1.82, 2.24) is 9.55 Å². The number of para-hydroxylation sites is 1. The molecule has 0 saturated carbocycles. The van der Waals surface area contributed by atoms with Crippen LogP contribution in [-0.4, -0.2) is 9.55 Å². The molecular formula is C13H9BrN2. The Labute approximate surface area is 102 Å². The lowest BCUT2D eigenvalue weighted by Crippen LogP contribution is -1.92. The van der Waals surface area contributed by atoms with Crippen molar-refractivity contribution >= 4 is 27.0 Å². The van der Waals surface area contributed by atoms with Gasteiger partial charge in [0.1, 0.15) is 5.65 Å². The monoisotopic (exact) mass is 272 g/mol. The van der Waals surface area contributed by atoms with Gasteiger partial charge in [0.2, 0.25) is 0 Å². The Bertz CT molecular complexity index is 629. The quantitative estimate of drug-likeness (QED) is 0.659. The molecule has 3 heteroatoms. The predicted octanol–water partition coefficient (Wildman–Crippen LogP) is 3.79. The zero-order chi connectivity index (χ0) is 11.0. The van der Waals surface area contributed by atoms with Crippen LogP contribution in [-0.2, 0) is 0 Å². The van der Waals surface area contributed by atoms with E-state index < -0.39 is 0 Å². The molecule has 0 aliphatic heterocycles. The molecule has 0 bridgehead atoms. The number of halogens is 1. The van der Waals surface area contributed by atoms with Crippen molar-refractivity contribution in [2.24, 2.45) is 0 Å². The Morgan fingerprint density at radius 2 is 1.88 bits per heavy atom. The van der Waals surface area contributed by atoms with Crippen LogP contribution in [0, 0.1) is 0 Å². The Kier molecular flexibility index (Phi) is 2.26. The molecule has 0 atom stereocenters. The van der Waals surface area contributed by atoms with Gasteiger partial charge in [0.25, 0.3) is 0 Å². The van der Waals surface area contributed by atoms with Gasteiger partial charge in [-0.15, -0.1) is 0 Å². The summed E-state index contributed by atoms with van der Waals surface area (Å²) in [6.45, 7) is 0. The topological polar surface area (TPSA) is 17.8 Å². The molecule has 0 fully saturated rings. The number of aromatic nitrogens is 2. The third-order valence-corrected chi connectivity index (χ3v) is 2.96. The van der Waals surface area contributed by atoms with Crippen LogP contribution >= 0.6 is 15.9 Å². The summed E-state index contributed by atoms with van der Waals surface area (Å²) < 4.78 is 3.09. The molecule has 0 spiro atoms. The van der Waals surface area contributed by atoms with E-state index in [0.717, 1.165) is 21.2 Å². The fourth-order valence-electron chi connectivity index (χ4n) is 1.79. The highest BCUT2D eigenvalue weighted by atomic mass is 79.9. The molecular weight excluding hydrogens is 264 g/mol. The fraction of sp³-hybridized carbons (Fsp3) is 0. The molecule has 3 aromatic rings. The van der Waals surface area contributed by atoms with Gasteiger partial charge in [0.05, 0.1) is 0 Å². The van der Waals surface area contributed by atoms with E-state index in [-0.39, 0.29) is 0 Å². The van der Waals surface area contributed by atoms with E-state index in [1.807, 2.05) is 30.6 Å². The van der Waals surface area contributed by atoms with Gasteiger partial charge in [-0.05, 0) is 40.2 Å². The van der Waals surface area contributed by atoms with Crippen LogP contribution in [0.25, 0.3) is 16.7 Å². The molecule has 16 heavy (non-hydrogen) atoms. The molecule has 0 saturated heterocycles. The van der Waals surface area contributed by atoms with Gasteiger partial charge in [-0.25, -0.2) is 4.98 Å². The Morgan fingerprint density at radius 3 is 2.69 bits per heavy atom. The molecule has 2 nitrogen and oxygen atoms in total. The zero-order valence-electron chi connectivity index (χ0n) is 8.47. The first-order chi connectivity index (χ1) is 7.84. The molecule has 2 heterocycles. The van der Waals surface area contributed by atoms with Gasteiger partial charge in [-0.1, -0.05) is 18.2 Å². The summed E-state index contributed by atoms with van der Waals surface area (Å²) in [5.41, 5.74) is 2.11. The van der Waals surface area contributed by atoms with Crippen LogP contribution in [0.15, 0.2) is 59.3 Å². The average Bonchev–Trinajstić information content (AvgIpc) is 2.73. The highest BCUT2D eigenvalue weighted by molar-refractivity contribution is 9.10. The number of hydrogen-bond donors (Lipinski definition) is 0. The van der Waals surface area contributed by atoms with Crippen molar-refractivity contribution in [3.63, 3.8) is 0 Å². The van der Waals surface area contributed by atoms with Crippen LogP contribution in [0.5, 0.6) is 0 Å². The van der Waals surface area contributed by atoms with E-state index in [2.05, 4.69) is 49.7 Å². The molecule has 78 valence electrons.